The van der Waals surface area contributed by atoms with Crippen LogP contribution in [-0.2, 0) is 16.6 Å². The Balaban J connectivity index is 2.15. The smallest absolute Gasteiger partial charge is 0.250 e. The Labute approximate surface area is 110 Å². The Bertz CT molecular complexity index is 636. The molecule has 2 aromatic rings. The van der Waals surface area contributed by atoms with Crippen molar-refractivity contribution in [2.45, 2.75) is 31.5 Å². The van der Waals surface area contributed by atoms with E-state index in [1.165, 1.54) is 17.7 Å². The van der Waals surface area contributed by atoms with Gasteiger partial charge in [-0.1, -0.05) is 0 Å². The maximum Gasteiger partial charge on any atom is 0.250 e. The van der Waals surface area contributed by atoms with E-state index in [2.05, 4.69) is 9.71 Å². The molecule has 0 aliphatic carbocycles. The second-order valence-electron chi connectivity index (χ2n) is 3.99. The quantitative estimate of drug-likeness (QED) is 0.934. The summed E-state index contributed by atoms with van der Waals surface area (Å²) in [4.78, 5) is 4.92. The number of nitrogens with zero attached hydrogens (tertiary/aromatic N) is 1. The molecule has 0 atom stereocenters. The third-order valence-electron chi connectivity index (χ3n) is 2.68. The molecule has 0 saturated carbocycles. The highest BCUT2D eigenvalue weighted by atomic mass is 32.2. The molecule has 0 amide bonds. The van der Waals surface area contributed by atoms with Gasteiger partial charge in [-0.05, 0) is 32.4 Å². The van der Waals surface area contributed by atoms with Gasteiger partial charge in [0.15, 0.2) is 6.39 Å². The van der Waals surface area contributed by atoms with E-state index in [0.29, 0.717) is 15.7 Å². The highest BCUT2D eigenvalue weighted by Crippen LogP contribution is 2.24. The lowest BCUT2D eigenvalue weighted by Gasteiger charge is -2.02. The van der Waals surface area contributed by atoms with Gasteiger partial charge in [0, 0.05) is 4.88 Å². The van der Waals surface area contributed by atoms with Gasteiger partial charge < -0.3 is 4.42 Å². The average molecular weight is 286 g/mol. The summed E-state index contributed by atoms with van der Waals surface area (Å²) in [5, 5.41) is 0. The first-order chi connectivity index (χ1) is 8.40. The van der Waals surface area contributed by atoms with Crippen molar-refractivity contribution < 1.29 is 12.8 Å². The predicted octanol–water partition coefficient (Wildman–Crippen LogP) is 2.14. The molecule has 0 aliphatic heterocycles. The summed E-state index contributed by atoms with van der Waals surface area (Å²) in [5.74, 6) is 0.531. The van der Waals surface area contributed by atoms with Crippen LogP contribution >= 0.6 is 11.3 Å². The Morgan fingerprint density at radius 3 is 2.61 bits per heavy atom. The number of rotatable bonds is 4. The number of nitrogens with one attached hydrogen (secondary N) is 1. The predicted molar refractivity (Wildman–Crippen MR) is 69.1 cm³/mol. The van der Waals surface area contributed by atoms with E-state index in [-0.39, 0.29) is 6.54 Å². The van der Waals surface area contributed by atoms with Crippen molar-refractivity contribution in [2.75, 3.05) is 0 Å². The van der Waals surface area contributed by atoms with Crippen LogP contribution in [0, 0.1) is 20.8 Å². The lowest BCUT2D eigenvalue weighted by molar-refractivity contribution is 0.492. The molecule has 0 fully saturated rings. The van der Waals surface area contributed by atoms with Gasteiger partial charge >= 0.3 is 0 Å². The SMILES string of the molecule is Cc1cc(S(=O)(=O)NCc2ocnc2C)sc1C. The molecular weight excluding hydrogens is 272 g/mol. The van der Waals surface area contributed by atoms with Gasteiger partial charge in [0.25, 0.3) is 0 Å². The normalized spacial score (nSPS) is 11.9. The maximum atomic E-state index is 12.0. The summed E-state index contributed by atoms with van der Waals surface area (Å²) in [6.07, 6.45) is 1.30. The molecule has 0 unspecified atom stereocenters. The second-order valence-corrected chi connectivity index (χ2v) is 7.24. The van der Waals surface area contributed by atoms with E-state index in [1.54, 1.807) is 13.0 Å². The van der Waals surface area contributed by atoms with Crippen molar-refractivity contribution in [3.05, 3.63) is 34.4 Å². The van der Waals surface area contributed by atoms with Crippen LogP contribution in [0.4, 0.5) is 0 Å². The molecule has 0 saturated heterocycles. The molecule has 18 heavy (non-hydrogen) atoms. The third kappa shape index (κ3) is 2.63. The van der Waals surface area contributed by atoms with Crippen LogP contribution in [0.15, 0.2) is 21.1 Å². The van der Waals surface area contributed by atoms with Gasteiger partial charge in [-0.2, -0.15) is 0 Å². The molecule has 1 N–H and O–H groups in total. The minimum atomic E-state index is -3.47. The van der Waals surface area contributed by atoms with Crippen LogP contribution in [0.1, 0.15) is 21.9 Å². The Morgan fingerprint density at radius 1 is 1.39 bits per heavy atom. The first-order valence-electron chi connectivity index (χ1n) is 5.36. The zero-order valence-electron chi connectivity index (χ0n) is 10.4. The summed E-state index contributed by atoms with van der Waals surface area (Å²) in [7, 11) is -3.47. The molecule has 2 rings (SSSR count). The van der Waals surface area contributed by atoms with Crippen molar-refractivity contribution in [1.29, 1.82) is 0 Å². The number of hydrogen-bond donors (Lipinski definition) is 1. The lowest BCUT2D eigenvalue weighted by Crippen LogP contribution is -2.22. The lowest BCUT2D eigenvalue weighted by atomic mass is 10.3. The molecular formula is C11H14N2O3S2. The fourth-order valence-corrected chi connectivity index (χ4v) is 3.94. The summed E-state index contributed by atoms with van der Waals surface area (Å²) in [6, 6.07) is 1.68. The fraction of sp³-hybridized carbons (Fsp3) is 0.364. The van der Waals surface area contributed by atoms with Gasteiger partial charge in [0.2, 0.25) is 10.0 Å². The summed E-state index contributed by atoms with van der Waals surface area (Å²) in [5.41, 5.74) is 1.67. The highest BCUT2D eigenvalue weighted by Gasteiger charge is 2.18. The van der Waals surface area contributed by atoms with E-state index in [1.807, 2.05) is 13.8 Å². The zero-order valence-corrected chi connectivity index (χ0v) is 12.0. The first-order valence-corrected chi connectivity index (χ1v) is 7.66. The van der Waals surface area contributed by atoms with E-state index in [9.17, 15) is 8.42 Å². The zero-order chi connectivity index (χ0) is 13.3. The highest BCUT2D eigenvalue weighted by molar-refractivity contribution is 7.91. The fourth-order valence-electron chi connectivity index (χ4n) is 1.40. The molecule has 2 aromatic heterocycles. The number of aromatic nitrogens is 1. The van der Waals surface area contributed by atoms with Crippen LogP contribution in [0.25, 0.3) is 0 Å². The van der Waals surface area contributed by atoms with E-state index in [0.717, 1.165) is 10.4 Å². The number of oxazole rings is 1. The van der Waals surface area contributed by atoms with Crippen molar-refractivity contribution in [2.24, 2.45) is 0 Å². The minimum absolute atomic E-state index is 0.115. The maximum absolute atomic E-state index is 12.0. The van der Waals surface area contributed by atoms with E-state index >= 15 is 0 Å². The molecule has 0 aliphatic rings. The number of sulfonamides is 1. The second kappa shape index (κ2) is 4.83. The molecule has 5 nitrogen and oxygen atoms in total. The van der Waals surface area contributed by atoms with Crippen LogP contribution in [0.3, 0.4) is 0 Å². The molecule has 2 heterocycles. The van der Waals surface area contributed by atoms with Gasteiger partial charge in [-0.3, -0.25) is 0 Å². The van der Waals surface area contributed by atoms with Crippen LogP contribution in [0.5, 0.6) is 0 Å². The third-order valence-corrected chi connectivity index (χ3v) is 5.70. The monoisotopic (exact) mass is 286 g/mol. The van der Waals surface area contributed by atoms with Crippen LogP contribution in [0.2, 0.25) is 0 Å². The Hall–Kier alpha value is -1.18. The molecule has 0 aromatic carbocycles. The number of thiophene rings is 1. The Morgan fingerprint density at radius 2 is 2.11 bits per heavy atom. The molecule has 7 heteroatoms. The first kappa shape index (κ1) is 13.3. The summed E-state index contributed by atoms with van der Waals surface area (Å²) < 4.78 is 32.0. The van der Waals surface area contributed by atoms with Crippen molar-refractivity contribution in [1.82, 2.24) is 9.71 Å². The van der Waals surface area contributed by atoms with E-state index < -0.39 is 10.0 Å². The van der Waals surface area contributed by atoms with Gasteiger partial charge in [0.1, 0.15) is 9.97 Å². The largest absolute Gasteiger partial charge is 0.447 e. The van der Waals surface area contributed by atoms with Crippen LogP contribution < -0.4 is 4.72 Å². The van der Waals surface area contributed by atoms with Crippen molar-refractivity contribution in [3.8, 4) is 0 Å². The topological polar surface area (TPSA) is 72.2 Å². The van der Waals surface area contributed by atoms with Crippen molar-refractivity contribution >= 4 is 21.4 Å². The average Bonchev–Trinajstić information content (AvgIpc) is 2.84. The van der Waals surface area contributed by atoms with E-state index in [4.69, 9.17) is 4.42 Å². The molecule has 0 spiro atoms. The minimum Gasteiger partial charge on any atom is -0.447 e. The standard InChI is InChI=1S/C11H14N2O3S2/c1-7-4-11(17-9(7)3)18(14,15)13-5-10-8(2)12-6-16-10/h4,6,13H,5H2,1-3H3. The number of aryl methyl sites for hydroxylation is 3. The molecule has 0 radical (unpaired) electrons. The van der Waals surface area contributed by atoms with Gasteiger partial charge in [-0.25, -0.2) is 18.1 Å². The summed E-state index contributed by atoms with van der Waals surface area (Å²) >= 11 is 1.27. The molecule has 98 valence electrons. The van der Waals surface area contributed by atoms with Crippen molar-refractivity contribution in [3.63, 3.8) is 0 Å². The van der Waals surface area contributed by atoms with Gasteiger partial charge in [-0.15, -0.1) is 11.3 Å². The Kier molecular flexibility index (Phi) is 3.56. The van der Waals surface area contributed by atoms with Crippen LogP contribution in [-0.4, -0.2) is 13.4 Å². The summed E-state index contributed by atoms with van der Waals surface area (Å²) in [6.45, 7) is 5.68. The molecule has 0 bridgehead atoms. The van der Waals surface area contributed by atoms with Gasteiger partial charge in [0.05, 0.1) is 12.2 Å². The number of hydrogen-bond acceptors (Lipinski definition) is 5.